The molecule has 0 atom stereocenters. The molecule has 1 saturated carbocycles. The number of aryl methyl sites for hydroxylation is 2. The lowest BCUT2D eigenvalue weighted by Gasteiger charge is -2.37. The zero-order valence-electron chi connectivity index (χ0n) is 20.1. The lowest BCUT2D eigenvalue weighted by Crippen LogP contribution is -2.49. The summed E-state index contributed by atoms with van der Waals surface area (Å²) in [6.45, 7) is 11.8. The summed E-state index contributed by atoms with van der Waals surface area (Å²) in [7, 11) is 0. The van der Waals surface area contributed by atoms with Gasteiger partial charge in [-0.3, -0.25) is 9.69 Å². The Balaban J connectivity index is 1.30. The Hall–Kier alpha value is -1.77. The van der Waals surface area contributed by atoms with E-state index >= 15 is 0 Å². The lowest BCUT2D eigenvalue weighted by atomic mass is 9.86. The average Bonchev–Trinajstić information content (AvgIpc) is 3.13. The van der Waals surface area contributed by atoms with Crippen molar-refractivity contribution in [2.45, 2.75) is 58.9 Å². The zero-order chi connectivity index (χ0) is 22.8. The highest BCUT2D eigenvalue weighted by molar-refractivity contribution is 7.18. The van der Waals surface area contributed by atoms with Gasteiger partial charge in [0.2, 0.25) is 5.91 Å². The predicted molar refractivity (Wildman–Crippen MR) is 133 cm³/mol. The second-order valence-electron chi connectivity index (χ2n) is 9.89. The number of thiophene rings is 1. The number of hydrogen-bond acceptors (Lipinski definition) is 7. The van der Waals surface area contributed by atoms with Gasteiger partial charge in [-0.1, -0.05) is 19.3 Å². The van der Waals surface area contributed by atoms with Crippen LogP contribution in [-0.2, 0) is 16.1 Å². The quantitative estimate of drug-likeness (QED) is 0.662. The fourth-order valence-corrected chi connectivity index (χ4v) is 6.51. The highest BCUT2D eigenvalue weighted by Gasteiger charge is 2.27. The summed E-state index contributed by atoms with van der Waals surface area (Å²) >= 11 is 1.77. The van der Waals surface area contributed by atoms with Crippen LogP contribution in [0.2, 0.25) is 0 Å². The van der Waals surface area contributed by atoms with E-state index in [2.05, 4.69) is 28.5 Å². The van der Waals surface area contributed by atoms with Crippen LogP contribution in [0.15, 0.2) is 0 Å². The van der Waals surface area contributed by atoms with Crippen molar-refractivity contribution in [2.75, 3.05) is 57.4 Å². The maximum atomic E-state index is 12.9. The van der Waals surface area contributed by atoms with Gasteiger partial charge in [-0.25, -0.2) is 9.97 Å². The number of nitrogens with zero attached hydrogens (tertiary/aromatic N) is 5. The van der Waals surface area contributed by atoms with Crippen molar-refractivity contribution >= 4 is 33.3 Å². The van der Waals surface area contributed by atoms with Crippen molar-refractivity contribution in [1.29, 1.82) is 0 Å². The molecule has 1 amide bonds. The molecule has 3 aliphatic rings. The minimum atomic E-state index is 0.352. The molecular formula is C25H37N5O2S. The second kappa shape index (κ2) is 10.2. The number of aromatic nitrogens is 2. The molecule has 0 radical (unpaired) electrons. The van der Waals surface area contributed by atoms with Gasteiger partial charge >= 0.3 is 0 Å². The van der Waals surface area contributed by atoms with E-state index in [1.807, 2.05) is 0 Å². The normalized spacial score (nSPS) is 21.2. The third-order valence-corrected chi connectivity index (χ3v) is 8.75. The molecular weight excluding hydrogens is 434 g/mol. The molecule has 0 unspecified atom stereocenters. The summed E-state index contributed by atoms with van der Waals surface area (Å²) in [5.41, 5.74) is 1.29. The van der Waals surface area contributed by atoms with E-state index < -0.39 is 0 Å². The van der Waals surface area contributed by atoms with Crippen LogP contribution in [0.3, 0.4) is 0 Å². The Labute approximate surface area is 201 Å². The smallest absolute Gasteiger partial charge is 0.222 e. The number of carbonyl (C=O) groups excluding carboxylic acids is 1. The first kappa shape index (κ1) is 23.0. The highest BCUT2D eigenvalue weighted by atomic mass is 32.1. The zero-order valence-corrected chi connectivity index (χ0v) is 21.0. The van der Waals surface area contributed by atoms with Crippen molar-refractivity contribution < 1.29 is 9.53 Å². The summed E-state index contributed by atoms with van der Waals surface area (Å²) in [4.78, 5) is 32.2. The molecule has 2 aliphatic heterocycles. The van der Waals surface area contributed by atoms with Gasteiger partial charge in [0.1, 0.15) is 16.5 Å². The molecule has 180 valence electrons. The Kier molecular flexibility index (Phi) is 7.13. The number of piperazine rings is 1. The lowest BCUT2D eigenvalue weighted by molar-refractivity contribution is -0.132. The van der Waals surface area contributed by atoms with E-state index in [9.17, 15) is 4.79 Å². The molecule has 2 aromatic rings. The number of amides is 1. The fraction of sp³-hybridized carbons (Fsp3) is 0.720. The van der Waals surface area contributed by atoms with E-state index in [0.717, 1.165) is 81.9 Å². The number of fused-ring (bicyclic) bond motifs is 1. The van der Waals surface area contributed by atoms with Gasteiger partial charge in [0, 0.05) is 50.6 Å². The first-order valence-corrected chi connectivity index (χ1v) is 13.5. The largest absolute Gasteiger partial charge is 0.379 e. The molecule has 4 heterocycles. The standard InChI is InChI=1S/C25H37N5O2S/c1-18-19(2)33-25-23(18)24(26-21(27-25)17-28-12-14-32-15-13-28)30-10-8-29(9-11-30)22(31)16-20-6-4-3-5-7-20/h20H,3-17H2,1-2H3. The summed E-state index contributed by atoms with van der Waals surface area (Å²) in [5.74, 6) is 2.91. The third kappa shape index (κ3) is 5.17. The molecule has 2 aromatic heterocycles. The molecule has 0 N–H and O–H groups in total. The molecule has 5 rings (SSSR count). The fourth-order valence-electron chi connectivity index (χ4n) is 5.47. The first-order chi connectivity index (χ1) is 16.1. The minimum Gasteiger partial charge on any atom is -0.379 e. The van der Waals surface area contributed by atoms with Crippen molar-refractivity contribution in [1.82, 2.24) is 19.8 Å². The van der Waals surface area contributed by atoms with Crippen LogP contribution in [-0.4, -0.2) is 78.2 Å². The Morgan fingerprint density at radius 2 is 1.73 bits per heavy atom. The average molecular weight is 472 g/mol. The van der Waals surface area contributed by atoms with E-state index in [-0.39, 0.29) is 0 Å². The molecule has 0 spiro atoms. The van der Waals surface area contributed by atoms with Gasteiger partial charge < -0.3 is 14.5 Å². The molecule has 0 bridgehead atoms. The molecule has 33 heavy (non-hydrogen) atoms. The maximum absolute atomic E-state index is 12.9. The van der Waals surface area contributed by atoms with Crippen LogP contribution in [0.5, 0.6) is 0 Å². The molecule has 8 heteroatoms. The number of hydrogen-bond donors (Lipinski definition) is 0. The Morgan fingerprint density at radius 1 is 1.00 bits per heavy atom. The van der Waals surface area contributed by atoms with Crippen LogP contribution >= 0.6 is 11.3 Å². The molecule has 2 saturated heterocycles. The number of ether oxygens (including phenoxy) is 1. The number of anilines is 1. The Morgan fingerprint density at radius 3 is 2.45 bits per heavy atom. The van der Waals surface area contributed by atoms with Gasteiger partial charge in [0.05, 0.1) is 25.1 Å². The highest BCUT2D eigenvalue weighted by Crippen LogP contribution is 2.36. The van der Waals surface area contributed by atoms with Crippen LogP contribution in [0.4, 0.5) is 5.82 Å². The van der Waals surface area contributed by atoms with Gasteiger partial charge in [0.25, 0.3) is 0 Å². The van der Waals surface area contributed by atoms with E-state index in [0.29, 0.717) is 11.8 Å². The van der Waals surface area contributed by atoms with Gasteiger partial charge in [0.15, 0.2) is 0 Å². The molecule has 7 nitrogen and oxygen atoms in total. The topological polar surface area (TPSA) is 61.8 Å². The summed E-state index contributed by atoms with van der Waals surface area (Å²) in [6, 6.07) is 0. The van der Waals surface area contributed by atoms with Gasteiger partial charge in [-0.05, 0) is 38.2 Å². The van der Waals surface area contributed by atoms with Crippen molar-refractivity contribution in [3.63, 3.8) is 0 Å². The third-order valence-electron chi connectivity index (χ3n) is 7.64. The van der Waals surface area contributed by atoms with Crippen LogP contribution < -0.4 is 4.90 Å². The summed E-state index contributed by atoms with van der Waals surface area (Å²) in [6.07, 6.45) is 7.12. The Bertz CT molecular complexity index is 973. The number of morpholine rings is 1. The maximum Gasteiger partial charge on any atom is 0.222 e. The molecule has 0 aromatic carbocycles. The van der Waals surface area contributed by atoms with Crippen LogP contribution in [0, 0.1) is 19.8 Å². The van der Waals surface area contributed by atoms with E-state index in [4.69, 9.17) is 14.7 Å². The first-order valence-electron chi connectivity index (χ1n) is 12.7. The van der Waals surface area contributed by atoms with E-state index in [1.165, 1.54) is 47.9 Å². The van der Waals surface area contributed by atoms with Crippen molar-refractivity contribution in [3.8, 4) is 0 Å². The number of rotatable bonds is 5. The monoisotopic (exact) mass is 471 g/mol. The SMILES string of the molecule is Cc1sc2nc(CN3CCOCC3)nc(N3CCN(C(=O)CC4CCCCC4)CC3)c2c1C. The van der Waals surface area contributed by atoms with Gasteiger partial charge in [-0.15, -0.1) is 11.3 Å². The number of carbonyl (C=O) groups is 1. The van der Waals surface area contributed by atoms with Crippen molar-refractivity contribution in [2.24, 2.45) is 5.92 Å². The van der Waals surface area contributed by atoms with Crippen molar-refractivity contribution in [3.05, 3.63) is 16.3 Å². The summed E-state index contributed by atoms with van der Waals surface area (Å²) < 4.78 is 5.50. The second-order valence-corrected chi connectivity index (χ2v) is 11.1. The summed E-state index contributed by atoms with van der Waals surface area (Å²) in [5, 5.41) is 1.20. The van der Waals surface area contributed by atoms with Gasteiger partial charge in [-0.2, -0.15) is 0 Å². The minimum absolute atomic E-state index is 0.352. The van der Waals surface area contributed by atoms with Crippen LogP contribution in [0.25, 0.3) is 10.2 Å². The predicted octanol–water partition coefficient (Wildman–Crippen LogP) is 3.76. The van der Waals surface area contributed by atoms with Crippen LogP contribution in [0.1, 0.15) is 54.8 Å². The molecule has 3 fully saturated rings. The van der Waals surface area contributed by atoms with E-state index in [1.54, 1.807) is 11.3 Å². The molecule has 1 aliphatic carbocycles.